The number of allylic oxidation sites excluding steroid dienone is 1. The van der Waals surface area contributed by atoms with E-state index in [9.17, 15) is 4.79 Å². The fraction of sp³-hybridized carbons (Fsp3) is 0.360. The van der Waals surface area contributed by atoms with Crippen molar-refractivity contribution >= 4 is 46.9 Å². The first-order valence-electron chi connectivity index (χ1n) is 12.0. The van der Waals surface area contributed by atoms with Crippen LogP contribution in [0.2, 0.25) is 0 Å². The number of nitrogens with one attached hydrogen (secondary N) is 1. The number of carbonyl (C=O) groups is 1. The quantitative estimate of drug-likeness (QED) is 0.477. The van der Waals surface area contributed by atoms with Crippen LogP contribution < -0.4 is 14.8 Å². The Morgan fingerprint density at radius 3 is 2.67 bits per heavy atom. The molecule has 1 aromatic carbocycles. The molecular weight excluding hydrogens is 471 g/mol. The van der Waals surface area contributed by atoms with E-state index in [1.165, 1.54) is 0 Å². The molecule has 0 fully saturated rings. The number of hydrogen-bond acceptors (Lipinski definition) is 6. The van der Waals surface area contributed by atoms with Gasteiger partial charge in [0.25, 0.3) is 5.91 Å². The van der Waals surface area contributed by atoms with Crippen LogP contribution in [0.25, 0.3) is 23.0 Å². The second-order valence-corrected chi connectivity index (χ2v) is 11.7. The number of fused-ring (bicyclic) bond motifs is 3. The van der Waals surface area contributed by atoms with E-state index >= 15 is 0 Å². The lowest BCUT2D eigenvalue weighted by Gasteiger charge is -2.30. The van der Waals surface area contributed by atoms with Crippen LogP contribution in [0.4, 0.5) is 0 Å². The molecule has 0 atom stereocenters. The van der Waals surface area contributed by atoms with Gasteiger partial charge in [-0.25, -0.2) is 4.68 Å². The first kappa shape index (κ1) is 26.2. The summed E-state index contributed by atoms with van der Waals surface area (Å²) in [6.45, 7) is 8.60. The largest absolute Gasteiger partial charge is 0.496 e. The standard InChI is InChI=1S/C25H32B3N3O4S/c1-14(2)8-15-9-17-20(10-19(15)33-5)34-11-18-21(30-31(22(17)18)16-6-7-36-12-16)23(32)29-24(3,4)13-35-25(26,27)28/h6-10,12H,11,13,26-28H2,1-5H3,(H,29,32). The number of ether oxygens (including phenoxy) is 3. The SMILES string of the molecule is BC(B)(B)OCC(C)(C)NC(=O)c1nn(-c2ccsc2)c2c1COc1cc(OC)c(C=C(C)C)cc1-2. The van der Waals surface area contributed by atoms with Crippen molar-refractivity contribution in [1.82, 2.24) is 15.1 Å². The minimum absolute atomic E-state index is 0.235. The second kappa shape index (κ2) is 9.86. The van der Waals surface area contributed by atoms with Crippen molar-refractivity contribution in [3.05, 3.63) is 51.4 Å². The molecule has 1 aliphatic rings. The predicted molar refractivity (Wildman–Crippen MR) is 153 cm³/mol. The molecule has 1 N–H and O–H groups in total. The van der Waals surface area contributed by atoms with E-state index in [4.69, 9.17) is 19.3 Å². The molecule has 7 nitrogen and oxygen atoms in total. The van der Waals surface area contributed by atoms with Gasteiger partial charge in [-0.3, -0.25) is 4.79 Å². The average Bonchev–Trinajstić information content (AvgIpc) is 3.44. The monoisotopic (exact) mass is 503 g/mol. The summed E-state index contributed by atoms with van der Waals surface area (Å²) in [5.41, 5.74) is 5.25. The van der Waals surface area contributed by atoms with Crippen LogP contribution >= 0.6 is 11.3 Å². The maximum atomic E-state index is 13.5. The van der Waals surface area contributed by atoms with Crippen LogP contribution in [-0.4, -0.2) is 63.8 Å². The molecule has 11 heteroatoms. The van der Waals surface area contributed by atoms with Crippen molar-refractivity contribution in [3.63, 3.8) is 0 Å². The van der Waals surface area contributed by atoms with Crippen molar-refractivity contribution in [2.45, 2.75) is 45.1 Å². The Morgan fingerprint density at radius 2 is 2.06 bits per heavy atom. The second-order valence-electron chi connectivity index (χ2n) is 10.9. The zero-order valence-electron chi connectivity index (χ0n) is 22.3. The number of amides is 1. The summed E-state index contributed by atoms with van der Waals surface area (Å²) in [5, 5.41) is 11.6. The number of aromatic nitrogens is 2. The number of carbonyl (C=O) groups excluding carboxylic acids is 1. The Hall–Kier alpha value is -2.91. The normalized spacial score (nSPS) is 12.8. The number of hydrogen-bond donors (Lipinski definition) is 1. The molecular formula is C25H32B3N3O4S. The Labute approximate surface area is 219 Å². The van der Waals surface area contributed by atoms with Crippen LogP contribution in [0, 0.1) is 0 Å². The summed E-state index contributed by atoms with van der Waals surface area (Å²) in [7, 11) is 7.65. The lowest BCUT2D eigenvalue weighted by atomic mass is 9.52. The van der Waals surface area contributed by atoms with Gasteiger partial charge in [0.15, 0.2) is 5.69 Å². The van der Waals surface area contributed by atoms with Gasteiger partial charge in [0, 0.05) is 28.1 Å². The third-order valence-corrected chi connectivity index (χ3v) is 6.34. The first-order chi connectivity index (χ1) is 16.9. The van der Waals surface area contributed by atoms with Crippen LogP contribution in [0.1, 0.15) is 49.3 Å². The molecule has 36 heavy (non-hydrogen) atoms. The molecule has 0 unspecified atom stereocenters. The molecule has 0 radical (unpaired) electrons. The van der Waals surface area contributed by atoms with Crippen LogP contribution in [0.15, 0.2) is 34.5 Å². The Balaban J connectivity index is 1.81. The van der Waals surface area contributed by atoms with Gasteiger partial charge in [0.05, 0.1) is 30.6 Å². The number of methoxy groups -OCH3 is 1. The topological polar surface area (TPSA) is 74.6 Å². The van der Waals surface area contributed by atoms with Gasteiger partial charge >= 0.3 is 0 Å². The highest BCUT2D eigenvalue weighted by atomic mass is 32.1. The predicted octanol–water partition coefficient (Wildman–Crippen LogP) is 1.96. The molecule has 2 aromatic heterocycles. The molecule has 1 aliphatic heterocycles. The van der Waals surface area contributed by atoms with Gasteiger partial charge < -0.3 is 19.5 Å². The first-order valence-corrected chi connectivity index (χ1v) is 12.9. The Bertz CT molecular complexity index is 1310. The molecule has 186 valence electrons. The molecule has 0 saturated carbocycles. The Kier molecular flexibility index (Phi) is 7.17. The molecule has 0 saturated heterocycles. The summed E-state index contributed by atoms with van der Waals surface area (Å²) in [5.74, 6) is 1.18. The third kappa shape index (κ3) is 5.57. The fourth-order valence-electron chi connectivity index (χ4n) is 4.04. The van der Waals surface area contributed by atoms with Gasteiger partial charge in [-0.15, -0.1) is 0 Å². The highest BCUT2D eigenvalue weighted by Gasteiger charge is 2.33. The van der Waals surface area contributed by atoms with Crippen LogP contribution in [0.3, 0.4) is 0 Å². The summed E-state index contributed by atoms with van der Waals surface area (Å²) >= 11 is 1.58. The van der Waals surface area contributed by atoms with Crippen molar-refractivity contribution in [3.8, 4) is 28.4 Å². The smallest absolute Gasteiger partial charge is 0.272 e. The maximum absolute atomic E-state index is 13.5. The number of thiophene rings is 1. The number of rotatable bonds is 8. The molecule has 3 heterocycles. The zero-order valence-corrected chi connectivity index (χ0v) is 23.1. The third-order valence-electron chi connectivity index (χ3n) is 5.67. The minimum Gasteiger partial charge on any atom is -0.496 e. The van der Waals surface area contributed by atoms with E-state index in [1.807, 2.05) is 84.9 Å². The minimum atomic E-state index is -0.583. The van der Waals surface area contributed by atoms with Gasteiger partial charge in [-0.1, -0.05) is 11.6 Å². The van der Waals surface area contributed by atoms with E-state index in [1.54, 1.807) is 18.4 Å². The maximum Gasteiger partial charge on any atom is 0.272 e. The van der Waals surface area contributed by atoms with E-state index in [-0.39, 0.29) is 17.8 Å². The van der Waals surface area contributed by atoms with Gasteiger partial charge in [0.2, 0.25) is 0 Å². The summed E-state index contributed by atoms with van der Waals surface area (Å²) in [6, 6.07) is 5.95. The van der Waals surface area contributed by atoms with Gasteiger partial charge in [-0.2, -0.15) is 16.4 Å². The van der Waals surface area contributed by atoms with E-state index in [0.29, 0.717) is 18.1 Å². The molecule has 3 aromatic rings. The molecule has 0 aliphatic carbocycles. The number of nitrogens with zero attached hydrogens (tertiary/aromatic N) is 2. The van der Waals surface area contributed by atoms with Crippen LogP contribution in [0.5, 0.6) is 11.5 Å². The van der Waals surface area contributed by atoms with Crippen molar-refractivity contribution in [2.75, 3.05) is 13.7 Å². The van der Waals surface area contributed by atoms with E-state index in [0.717, 1.165) is 39.4 Å². The van der Waals surface area contributed by atoms with Crippen molar-refractivity contribution < 1.29 is 19.0 Å². The van der Waals surface area contributed by atoms with Crippen molar-refractivity contribution in [2.24, 2.45) is 0 Å². The van der Waals surface area contributed by atoms with Gasteiger partial charge in [-0.05, 0) is 50.5 Å². The lowest BCUT2D eigenvalue weighted by Crippen LogP contribution is -2.50. The molecule has 0 bridgehead atoms. The molecule has 0 spiro atoms. The lowest BCUT2D eigenvalue weighted by molar-refractivity contribution is 0.0646. The molecule has 4 rings (SSSR count). The number of benzene rings is 1. The Morgan fingerprint density at radius 1 is 1.31 bits per heavy atom. The van der Waals surface area contributed by atoms with Crippen LogP contribution in [-0.2, 0) is 11.3 Å². The summed E-state index contributed by atoms with van der Waals surface area (Å²) in [4.78, 5) is 13.5. The summed E-state index contributed by atoms with van der Waals surface area (Å²) in [6.07, 6.45) is 2.07. The van der Waals surface area contributed by atoms with Gasteiger partial charge in [0.1, 0.15) is 41.6 Å². The van der Waals surface area contributed by atoms with E-state index in [2.05, 4.69) is 11.4 Å². The van der Waals surface area contributed by atoms with E-state index < -0.39 is 5.54 Å². The fourth-order valence-corrected chi connectivity index (χ4v) is 4.66. The molecule has 1 amide bonds. The summed E-state index contributed by atoms with van der Waals surface area (Å²) < 4.78 is 19.6. The highest BCUT2D eigenvalue weighted by molar-refractivity contribution is 7.08. The zero-order chi connectivity index (χ0) is 26.3. The van der Waals surface area contributed by atoms with Crippen molar-refractivity contribution in [1.29, 1.82) is 0 Å². The average molecular weight is 503 g/mol. The highest BCUT2D eigenvalue weighted by Crippen LogP contribution is 2.44.